The van der Waals surface area contributed by atoms with E-state index in [1.165, 1.54) is 11.3 Å². The zero-order valence-corrected chi connectivity index (χ0v) is 15.7. The van der Waals surface area contributed by atoms with E-state index in [2.05, 4.69) is 39.8 Å². The zero-order chi connectivity index (χ0) is 18.2. The number of methoxy groups -OCH3 is 1. The van der Waals surface area contributed by atoms with Crippen molar-refractivity contribution in [2.24, 2.45) is 0 Å². The summed E-state index contributed by atoms with van der Waals surface area (Å²) in [4.78, 5) is 12.2. The maximum absolute atomic E-state index is 12.2. The number of hydrogen-bond donors (Lipinski definition) is 1. The molecule has 0 aliphatic rings. The van der Waals surface area contributed by atoms with Crippen molar-refractivity contribution < 1.29 is 9.53 Å². The van der Waals surface area contributed by atoms with Crippen LogP contribution in [0.4, 0.5) is 5.13 Å². The molecule has 0 atom stereocenters. The zero-order valence-electron chi connectivity index (χ0n) is 14.1. The maximum atomic E-state index is 12.2. The second-order valence-electron chi connectivity index (χ2n) is 5.18. The maximum Gasteiger partial charge on any atom is 0.257 e. The third kappa shape index (κ3) is 5.18. The number of carbonyl (C=O) groups excluding carboxylic acids is 1. The first-order valence-corrected chi connectivity index (χ1v) is 9.68. The highest BCUT2D eigenvalue weighted by molar-refractivity contribution is 8.01. The number of aromatic nitrogens is 2. The molecule has 132 valence electrons. The van der Waals surface area contributed by atoms with Crippen LogP contribution in [0.5, 0.6) is 5.75 Å². The fourth-order valence-corrected chi connectivity index (χ4v) is 3.68. The summed E-state index contributed by atoms with van der Waals surface area (Å²) in [7, 11) is 1.59. The van der Waals surface area contributed by atoms with Crippen molar-refractivity contribution in [2.45, 2.75) is 4.34 Å². The average Bonchev–Trinajstić information content (AvgIpc) is 3.13. The minimum absolute atomic E-state index is 0.218. The second kappa shape index (κ2) is 9.17. The first-order valence-electron chi connectivity index (χ1n) is 7.88. The van der Waals surface area contributed by atoms with Gasteiger partial charge in [-0.05, 0) is 29.8 Å². The van der Waals surface area contributed by atoms with Crippen molar-refractivity contribution in [2.75, 3.05) is 18.2 Å². The van der Waals surface area contributed by atoms with E-state index < -0.39 is 0 Å². The van der Waals surface area contributed by atoms with E-state index in [9.17, 15) is 4.79 Å². The van der Waals surface area contributed by atoms with E-state index in [1.54, 1.807) is 43.1 Å². The lowest BCUT2D eigenvalue weighted by atomic mass is 10.2. The summed E-state index contributed by atoms with van der Waals surface area (Å²) in [5.74, 6) is 1.28. The van der Waals surface area contributed by atoms with Crippen LogP contribution in [0.2, 0.25) is 0 Å². The van der Waals surface area contributed by atoms with Crippen molar-refractivity contribution in [1.82, 2.24) is 10.2 Å². The Kier molecular flexibility index (Phi) is 6.40. The van der Waals surface area contributed by atoms with Crippen molar-refractivity contribution in [1.29, 1.82) is 0 Å². The molecule has 1 aromatic heterocycles. The molecule has 3 aromatic rings. The van der Waals surface area contributed by atoms with E-state index in [0.717, 1.165) is 15.7 Å². The molecule has 7 heteroatoms. The molecule has 26 heavy (non-hydrogen) atoms. The Balaban J connectivity index is 1.51. The predicted octanol–water partition coefficient (Wildman–Crippen LogP) is 4.60. The molecule has 3 rings (SSSR count). The molecule has 5 nitrogen and oxygen atoms in total. The van der Waals surface area contributed by atoms with Gasteiger partial charge in [-0.1, -0.05) is 65.6 Å². The van der Waals surface area contributed by atoms with Crippen LogP contribution in [0.3, 0.4) is 0 Å². The van der Waals surface area contributed by atoms with Crippen LogP contribution in [0, 0.1) is 0 Å². The SMILES string of the molecule is COc1ccc(C(=O)Nc2nnc(SC/C=C/c3ccccc3)s2)cc1. The Morgan fingerprint density at radius 2 is 1.92 bits per heavy atom. The quantitative estimate of drug-likeness (QED) is 0.477. The number of thioether (sulfide) groups is 1. The largest absolute Gasteiger partial charge is 0.497 e. The Morgan fingerprint density at radius 1 is 1.15 bits per heavy atom. The third-order valence-corrected chi connectivity index (χ3v) is 5.32. The fraction of sp³-hybridized carbons (Fsp3) is 0.105. The molecule has 0 aliphatic carbocycles. The number of nitrogens with zero attached hydrogens (tertiary/aromatic N) is 2. The van der Waals surface area contributed by atoms with Gasteiger partial charge in [-0.3, -0.25) is 10.1 Å². The first-order chi connectivity index (χ1) is 12.7. The molecule has 0 saturated carbocycles. The molecular formula is C19H17N3O2S2. The van der Waals surface area contributed by atoms with Crippen molar-refractivity contribution in [3.8, 4) is 5.75 Å². The van der Waals surface area contributed by atoms with E-state index >= 15 is 0 Å². The van der Waals surface area contributed by atoms with Gasteiger partial charge in [0.05, 0.1) is 7.11 Å². The molecule has 0 saturated heterocycles. The summed E-state index contributed by atoms with van der Waals surface area (Å²) in [6, 6.07) is 17.0. The van der Waals surface area contributed by atoms with Crippen LogP contribution < -0.4 is 10.1 Å². The monoisotopic (exact) mass is 383 g/mol. The lowest BCUT2D eigenvalue weighted by Gasteiger charge is -2.02. The number of carbonyl (C=O) groups is 1. The highest BCUT2D eigenvalue weighted by atomic mass is 32.2. The van der Waals surface area contributed by atoms with Crippen LogP contribution >= 0.6 is 23.1 Å². The minimum atomic E-state index is -0.218. The average molecular weight is 383 g/mol. The number of rotatable bonds is 7. The third-order valence-electron chi connectivity index (χ3n) is 3.39. The molecule has 1 amide bonds. The summed E-state index contributed by atoms with van der Waals surface area (Å²) < 4.78 is 5.90. The molecule has 0 bridgehead atoms. The number of anilines is 1. The highest BCUT2D eigenvalue weighted by Crippen LogP contribution is 2.26. The lowest BCUT2D eigenvalue weighted by molar-refractivity contribution is 0.102. The van der Waals surface area contributed by atoms with Gasteiger partial charge < -0.3 is 4.74 Å². The van der Waals surface area contributed by atoms with Crippen molar-refractivity contribution in [3.63, 3.8) is 0 Å². The van der Waals surface area contributed by atoms with E-state index in [4.69, 9.17) is 4.74 Å². The second-order valence-corrected chi connectivity index (χ2v) is 7.42. The number of nitrogens with one attached hydrogen (secondary N) is 1. The highest BCUT2D eigenvalue weighted by Gasteiger charge is 2.10. The molecule has 0 spiro atoms. The molecule has 0 unspecified atom stereocenters. The summed E-state index contributed by atoms with van der Waals surface area (Å²) in [5, 5.41) is 11.4. The smallest absolute Gasteiger partial charge is 0.257 e. The number of benzene rings is 2. The van der Waals surface area contributed by atoms with Crippen LogP contribution in [-0.4, -0.2) is 29.0 Å². The van der Waals surface area contributed by atoms with E-state index in [0.29, 0.717) is 16.4 Å². The molecule has 2 aromatic carbocycles. The molecule has 1 N–H and O–H groups in total. The number of amides is 1. The van der Waals surface area contributed by atoms with Gasteiger partial charge in [0.25, 0.3) is 5.91 Å². The normalized spacial score (nSPS) is 10.8. The summed E-state index contributed by atoms with van der Waals surface area (Å²) in [5.41, 5.74) is 1.71. The van der Waals surface area contributed by atoms with Crippen LogP contribution in [0.15, 0.2) is 65.0 Å². The Hall–Kier alpha value is -2.64. The lowest BCUT2D eigenvalue weighted by Crippen LogP contribution is -2.11. The molecular weight excluding hydrogens is 366 g/mol. The predicted molar refractivity (Wildman–Crippen MR) is 107 cm³/mol. The van der Waals surface area contributed by atoms with Gasteiger partial charge in [0, 0.05) is 11.3 Å². The molecule has 1 heterocycles. The number of hydrogen-bond acceptors (Lipinski definition) is 6. The van der Waals surface area contributed by atoms with E-state index in [1.807, 2.05) is 18.2 Å². The molecule has 0 radical (unpaired) electrons. The van der Waals surface area contributed by atoms with Crippen molar-refractivity contribution >= 4 is 40.2 Å². The van der Waals surface area contributed by atoms with Gasteiger partial charge in [-0.25, -0.2) is 0 Å². The molecule has 0 fully saturated rings. The van der Waals surface area contributed by atoms with Gasteiger partial charge in [0.2, 0.25) is 5.13 Å². The summed E-state index contributed by atoms with van der Waals surface area (Å²) in [6.45, 7) is 0. The Labute approximate surface area is 160 Å². The summed E-state index contributed by atoms with van der Waals surface area (Å²) >= 11 is 2.94. The molecule has 0 aliphatic heterocycles. The van der Waals surface area contributed by atoms with Crippen molar-refractivity contribution in [3.05, 3.63) is 71.8 Å². The fourth-order valence-electron chi connectivity index (χ4n) is 2.10. The van der Waals surface area contributed by atoms with Crippen LogP contribution in [0.1, 0.15) is 15.9 Å². The Morgan fingerprint density at radius 3 is 2.65 bits per heavy atom. The Bertz CT molecular complexity index is 877. The van der Waals surface area contributed by atoms with Gasteiger partial charge in [0.1, 0.15) is 5.75 Å². The van der Waals surface area contributed by atoms with E-state index in [-0.39, 0.29) is 5.91 Å². The van der Waals surface area contributed by atoms with Crippen LogP contribution in [-0.2, 0) is 0 Å². The summed E-state index contributed by atoms with van der Waals surface area (Å²) in [6.07, 6.45) is 4.15. The first kappa shape index (κ1) is 18.2. The van der Waals surface area contributed by atoms with Crippen LogP contribution in [0.25, 0.3) is 6.08 Å². The topological polar surface area (TPSA) is 64.1 Å². The van der Waals surface area contributed by atoms with Gasteiger partial charge in [0.15, 0.2) is 4.34 Å². The van der Waals surface area contributed by atoms with Gasteiger partial charge in [-0.2, -0.15) is 0 Å². The standard InChI is InChI=1S/C19H17N3O2S2/c1-24-16-11-9-15(10-12-16)17(23)20-18-21-22-19(26-18)25-13-5-8-14-6-3-2-4-7-14/h2-12H,13H2,1H3,(H,20,21,23)/b8-5+. The minimum Gasteiger partial charge on any atom is -0.497 e. The van der Waals surface area contributed by atoms with Gasteiger partial charge >= 0.3 is 0 Å². The number of ether oxygens (including phenoxy) is 1. The van der Waals surface area contributed by atoms with Gasteiger partial charge in [-0.15, -0.1) is 10.2 Å².